The fourth-order valence-corrected chi connectivity index (χ4v) is 5.38. The first-order valence-electron chi connectivity index (χ1n) is 11.9. The minimum atomic E-state index is -3.19. The molecule has 1 aliphatic carbocycles. The van der Waals surface area contributed by atoms with Crippen molar-refractivity contribution in [3.63, 3.8) is 0 Å². The summed E-state index contributed by atoms with van der Waals surface area (Å²) in [5.74, 6) is 0.271. The van der Waals surface area contributed by atoms with Crippen molar-refractivity contribution in [1.82, 2.24) is 20.3 Å². The zero-order chi connectivity index (χ0) is 23.7. The SMILES string of the molecule is CCS(=O)(=O)c1ccc(N2CCC(NC(=O)c3nnn(-c4ccccc4)c3C3CC3)CC2)cc1. The summed E-state index contributed by atoms with van der Waals surface area (Å²) >= 11 is 0. The second-order valence-corrected chi connectivity index (χ2v) is 11.3. The molecule has 2 aliphatic rings. The number of hydrogen-bond donors (Lipinski definition) is 1. The van der Waals surface area contributed by atoms with Crippen LogP contribution in [0.5, 0.6) is 0 Å². The number of piperidine rings is 1. The molecule has 0 radical (unpaired) electrons. The molecule has 1 saturated carbocycles. The average molecular weight is 480 g/mol. The van der Waals surface area contributed by atoms with Gasteiger partial charge in [0.2, 0.25) is 0 Å². The topological polar surface area (TPSA) is 97.2 Å². The van der Waals surface area contributed by atoms with Crippen LogP contribution in [0.1, 0.15) is 54.7 Å². The van der Waals surface area contributed by atoms with Gasteiger partial charge >= 0.3 is 0 Å². The molecule has 1 N–H and O–H groups in total. The van der Waals surface area contributed by atoms with Gasteiger partial charge < -0.3 is 10.2 Å². The highest BCUT2D eigenvalue weighted by Gasteiger charge is 2.35. The summed E-state index contributed by atoms with van der Waals surface area (Å²) in [5, 5.41) is 11.7. The van der Waals surface area contributed by atoms with Crippen molar-refractivity contribution in [2.24, 2.45) is 0 Å². The molecule has 1 aromatic heterocycles. The van der Waals surface area contributed by atoms with E-state index in [-0.39, 0.29) is 17.7 Å². The molecule has 1 aliphatic heterocycles. The van der Waals surface area contributed by atoms with Crippen LogP contribution in [0.25, 0.3) is 5.69 Å². The molecule has 2 heterocycles. The summed E-state index contributed by atoms with van der Waals surface area (Å²) in [4.78, 5) is 15.7. The highest BCUT2D eigenvalue weighted by atomic mass is 32.2. The van der Waals surface area contributed by atoms with E-state index >= 15 is 0 Å². The van der Waals surface area contributed by atoms with Crippen molar-refractivity contribution in [1.29, 1.82) is 0 Å². The third kappa shape index (κ3) is 4.57. The van der Waals surface area contributed by atoms with E-state index in [1.807, 2.05) is 42.5 Å². The first-order chi connectivity index (χ1) is 16.5. The van der Waals surface area contributed by atoms with Gasteiger partial charge in [-0.15, -0.1) is 5.10 Å². The van der Waals surface area contributed by atoms with Gasteiger partial charge in [0.05, 0.1) is 22.0 Å². The quantitative estimate of drug-likeness (QED) is 0.558. The Morgan fingerprint density at radius 2 is 1.65 bits per heavy atom. The highest BCUT2D eigenvalue weighted by Crippen LogP contribution is 2.42. The van der Waals surface area contributed by atoms with Crippen molar-refractivity contribution in [2.75, 3.05) is 23.7 Å². The molecule has 0 bridgehead atoms. The monoisotopic (exact) mass is 479 g/mol. The predicted octanol–water partition coefficient (Wildman–Crippen LogP) is 3.34. The highest BCUT2D eigenvalue weighted by molar-refractivity contribution is 7.91. The molecular formula is C25H29N5O3S. The maximum Gasteiger partial charge on any atom is 0.274 e. The number of nitrogens with one attached hydrogen (secondary N) is 1. The number of rotatable bonds is 7. The number of sulfone groups is 1. The summed E-state index contributed by atoms with van der Waals surface area (Å²) in [7, 11) is -3.19. The first kappa shape index (κ1) is 22.6. The zero-order valence-electron chi connectivity index (χ0n) is 19.2. The molecule has 1 saturated heterocycles. The van der Waals surface area contributed by atoms with E-state index in [2.05, 4.69) is 20.5 Å². The second-order valence-electron chi connectivity index (χ2n) is 8.98. The lowest BCUT2D eigenvalue weighted by Gasteiger charge is -2.34. The maximum absolute atomic E-state index is 13.1. The Balaban J connectivity index is 1.23. The molecule has 0 atom stereocenters. The van der Waals surface area contributed by atoms with Gasteiger partial charge in [0.15, 0.2) is 15.5 Å². The van der Waals surface area contributed by atoms with Gasteiger partial charge in [0.1, 0.15) is 0 Å². The van der Waals surface area contributed by atoms with Crippen LogP contribution < -0.4 is 10.2 Å². The van der Waals surface area contributed by atoms with E-state index in [1.165, 1.54) is 0 Å². The largest absolute Gasteiger partial charge is 0.371 e. The van der Waals surface area contributed by atoms with Crippen LogP contribution in [-0.4, -0.2) is 54.2 Å². The van der Waals surface area contributed by atoms with E-state index in [0.717, 1.165) is 55.8 Å². The summed E-state index contributed by atoms with van der Waals surface area (Å²) in [6.45, 7) is 3.23. The van der Waals surface area contributed by atoms with E-state index < -0.39 is 9.84 Å². The molecular weight excluding hydrogens is 450 g/mol. The van der Waals surface area contributed by atoms with Crippen molar-refractivity contribution < 1.29 is 13.2 Å². The molecule has 0 unspecified atom stereocenters. The molecule has 178 valence electrons. The number of carbonyl (C=O) groups is 1. The minimum absolute atomic E-state index is 0.0671. The van der Waals surface area contributed by atoms with E-state index in [4.69, 9.17) is 0 Å². The molecule has 34 heavy (non-hydrogen) atoms. The minimum Gasteiger partial charge on any atom is -0.371 e. The smallest absolute Gasteiger partial charge is 0.274 e. The van der Waals surface area contributed by atoms with Gasteiger partial charge in [-0.05, 0) is 62.1 Å². The fraction of sp³-hybridized carbons (Fsp3) is 0.400. The molecule has 5 rings (SSSR count). The normalized spacial score (nSPS) is 17.0. The number of carbonyl (C=O) groups excluding carboxylic acids is 1. The van der Waals surface area contributed by atoms with Crippen LogP contribution in [0.15, 0.2) is 59.5 Å². The van der Waals surface area contributed by atoms with Gasteiger partial charge in [-0.2, -0.15) is 0 Å². The van der Waals surface area contributed by atoms with Gasteiger partial charge in [0.25, 0.3) is 5.91 Å². The number of hydrogen-bond acceptors (Lipinski definition) is 6. The van der Waals surface area contributed by atoms with Crippen LogP contribution in [0.4, 0.5) is 5.69 Å². The molecule has 1 amide bonds. The van der Waals surface area contributed by atoms with Gasteiger partial charge in [-0.1, -0.05) is 30.3 Å². The first-order valence-corrected chi connectivity index (χ1v) is 13.5. The Morgan fingerprint density at radius 3 is 2.26 bits per heavy atom. The van der Waals surface area contributed by atoms with E-state index in [1.54, 1.807) is 23.7 Å². The lowest BCUT2D eigenvalue weighted by Crippen LogP contribution is -2.45. The second kappa shape index (κ2) is 9.21. The molecule has 2 fully saturated rings. The lowest BCUT2D eigenvalue weighted by atomic mass is 10.0. The Hall–Kier alpha value is -3.20. The van der Waals surface area contributed by atoms with E-state index in [9.17, 15) is 13.2 Å². The van der Waals surface area contributed by atoms with Gasteiger partial charge in [-0.25, -0.2) is 13.1 Å². The summed E-state index contributed by atoms with van der Waals surface area (Å²) in [6, 6.07) is 17.0. The van der Waals surface area contributed by atoms with E-state index in [0.29, 0.717) is 16.5 Å². The Bertz CT molecular complexity index is 1260. The maximum atomic E-state index is 13.1. The summed E-state index contributed by atoms with van der Waals surface area (Å²) in [6.07, 6.45) is 3.73. The number of anilines is 1. The van der Waals surface area contributed by atoms with Gasteiger partial charge in [-0.3, -0.25) is 4.79 Å². The summed E-state index contributed by atoms with van der Waals surface area (Å²) < 4.78 is 25.9. The lowest BCUT2D eigenvalue weighted by molar-refractivity contribution is 0.0925. The number of nitrogens with zero attached hydrogens (tertiary/aromatic N) is 4. The fourth-order valence-electron chi connectivity index (χ4n) is 4.50. The third-order valence-corrected chi connectivity index (χ3v) is 8.41. The number of benzene rings is 2. The molecule has 8 nitrogen and oxygen atoms in total. The Kier molecular flexibility index (Phi) is 6.12. The summed E-state index contributed by atoms with van der Waals surface area (Å²) in [5.41, 5.74) is 3.26. The van der Waals surface area contributed by atoms with Crippen LogP contribution in [0.2, 0.25) is 0 Å². The third-order valence-electron chi connectivity index (χ3n) is 6.66. The standard InChI is InChI=1S/C25H29N5O3S/c1-2-34(32,33)22-12-10-20(11-13-22)29-16-14-19(15-17-29)26-25(31)23-24(18-8-9-18)30(28-27-23)21-6-4-3-5-7-21/h3-7,10-13,18-19H,2,8-9,14-17H2,1H3,(H,26,31). The van der Waals surface area contributed by atoms with Crippen molar-refractivity contribution >= 4 is 21.4 Å². The predicted molar refractivity (Wildman–Crippen MR) is 130 cm³/mol. The van der Waals surface area contributed by atoms with Crippen molar-refractivity contribution in [3.8, 4) is 5.69 Å². The molecule has 9 heteroatoms. The van der Waals surface area contributed by atoms with Crippen LogP contribution in [-0.2, 0) is 9.84 Å². The molecule has 3 aromatic rings. The number of amides is 1. The Morgan fingerprint density at radius 1 is 0.971 bits per heavy atom. The van der Waals surface area contributed by atoms with Crippen LogP contribution in [0.3, 0.4) is 0 Å². The van der Waals surface area contributed by atoms with Crippen molar-refractivity contribution in [3.05, 3.63) is 66.0 Å². The average Bonchev–Trinajstić information content (AvgIpc) is 3.62. The van der Waals surface area contributed by atoms with Crippen LogP contribution >= 0.6 is 0 Å². The molecule has 0 spiro atoms. The van der Waals surface area contributed by atoms with Crippen LogP contribution in [0, 0.1) is 0 Å². The Labute approximate surface area is 199 Å². The molecule has 2 aromatic carbocycles. The number of para-hydroxylation sites is 1. The van der Waals surface area contributed by atoms with Gasteiger partial charge in [0, 0.05) is 30.7 Å². The zero-order valence-corrected chi connectivity index (χ0v) is 20.0. The van der Waals surface area contributed by atoms with Crippen molar-refractivity contribution in [2.45, 2.75) is 49.5 Å². The number of aromatic nitrogens is 3.